The number of amidine groups is 1. The highest BCUT2D eigenvalue weighted by atomic mass is 32.1. The van der Waals surface area contributed by atoms with Gasteiger partial charge in [-0.3, -0.25) is 0 Å². The summed E-state index contributed by atoms with van der Waals surface area (Å²) in [6.45, 7) is 5.32. The maximum absolute atomic E-state index is 5.23. The second-order valence-corrected chi connectivity index (χ2v) is 2.13. The molecule has 0 atom stereocenters. The van der Waals surface area contributed by atoms with Crippen molar-refractivity contribution in [1.82, 2.24) is 5.32 Å². The first-order chi connectivity index (χ1) is 5.20. The summed E-state index contributed by atoms with van der Waals surface area (Å²) < 4.78 is 0. The van der Waals surface area contributed by atoms with E-state index in [2.05, 4.69) is 29.1 Å². The Bertz CT molecular complexity index is 206. The van der Waals surface area contributed by atoms with Gasteiger partial charge in [-0.25, -0.2) is 4.99 Å². The maximum Gasteiger partial charge on any atom is 0.169 e. The van der Waals surface area contributed by atoms with Gasteiger partial charge in [0, 0.05) is 6.20 Å². The van der Waals surface area contributed by atoms with E-state index in [0.717, 1.165) is 0 Å². The molecule has 0 spiro atoms. The van der Waals surface area contributed by atoms with Crippen molar-refractivity contribution in [3.05, 3.63) is 24.9 Å². The monoisotopic (exact) mass is 169 g/mol. The molecule has 0 aliphatic rings. The molecule has 0 aromatic carbocycles. The van der Waals surface area contributed by atoms with Gasteiger partial charge in [0.25, 0.3) is 0 Å². The van der Waals surface area contributed by atoms with Crippen LogP contribution in [0.5, 0.6) is 0 Å². The van der Waals surface area contributed by atoms with Crippen LogP contribution in [0.15, 0.2) is 29.9 Å². The van der Waals surface area contributed by atoms with Gasteiger partial charge in [-0.1, -0.05) is 12.7 Å². The first-order valence-electron chi connectivity index (χ1n) is 3.08. The van der Waals surface area contributed by atoms with Crippen LogP contribution >= 0.6 is 12.2 Å². The molecule has 0 fully saturated rings. The van der Waals surface area contributed by atoms with Gasteiger partial charge in [-0.05, 0) is 25.2 Å². The van der Waals surface area contributed by atoms with Gasteiger partial charge < -0.3 is 11.1 Å². The van der Waals surface area contributed by atoms with E-state index in [0.29, 0.717) is 5.84 Å². The summed E-state index contributed by atoms with van der Waals surface area (Å²) in [7, 11) is 0. The summed E-state index contributed by atoms with van der Waals surface area (Å²) in [5, 5.41) is 2.88. The Labute approximate surface area is 71.7 Å². The van der Waals surface area contributed by atoms with Crippen molar-refractivity contribution in [2.24, 2.45) is 10.7 Å². The van der Waals surface area contributed by atoms with E-state index in [4.69, 9.17) is 5.73 Å². The molecule has 0 bridgehead atoms. The number of aliphatic imine (C=N–C) groups is 1. The molecule has 11 heavy (non-hydrogen) atoms. The summed E-state index contributed by atoms with van der Waals surface area (Å²) in [6, 6.07) is 0. The lowest BCUT2D eigenvalue weighted by atomic mass is 10.5. The zero-order valence-electron chi connectivity index (χ0n) is 6.37. The van der Waals surface area contributed by atoms with Crippen molar-refractivity contribution in [1.29, 1.82) is 0 Å². The SMILES string of the molecule is C=C/N=C(\C=C/C)NC(N)=S. The predicted molar refractivity (Wildman–Crippen MR) is 52.4 cm³/mol. The van der Waals surface area contributed by atoms with Gasteiger partial charge in [0.05, 0.1) is 0 Å². The third kappa shape index (κ3) is 5.29. The number of hydrogen-bond donors (Lipinski definition) is 2. The van der Waals surface area contributed by atoms with Crippen LogP contribution in [0.1, 0.15) is 6.92 Å². The number of nitrogens with one attached hydrogen (secondary N) is 1. The van der Waals surface area contributed by atoms with E-state index < -0.39 is 0 Å². The van der Waals surface area contributed by atoms with Crippen LogP contribution in [0, 0.1) is 0 Å². The number of thiocarbonyl (C=S) groups is 1. The smallest absolute Gasteiger partial charge is 0.169 e. The molecule has 4 heteroatoms. The molecule has 0 radical (unpaired) electrons. The Morgan fingerprint density at radius 3 is 2.73 bits per heavy atom. The second-order valence-electron chi connectivity index (χ2n) is 1.69. The molecule has 3 nitrogen and oxygen atoms in total. The van der Waals surface area contributed by atoms with E-state index in [1.54, 1.807) is 6.08 Å². The van der Waals surface area contributed by atoms with Crippen molar-refractivity contribution < 1.29 is 0 Å². The summed E-state index contributed by atoms with van der Waals surface area (Å²) in [4.78, 5) is 3.87. The molecule has 0 aromatic heterocycles. The van der Waals surface area contributed by atoms with Crippen molar-refractivity contribution >= 4 is 23.2 Å². The Morgan fingerprint density at radius 2 is 2.36 bits per heavy atom. The highest BCUT2D eigenvalue weighted by Gasteiger charge is 1.90. The predicted octanol–water partition coefficient (Wildman–Crippen LogP) is 0.938. The molecule has 0 heterocycles. The van der Waals surface area contributed by atoms with Gasteiger partial charge in [0.1, 0.15) is 5.84 Å². The lowest BCUT2D eigenvalue weighted by Crippen LogP contribution is -2.33. The maximum atomic E-state index is 5.23. The molecular weight excluding hydrogens is 158 g/mol. The summed E-state index contributed by atoms with van der Waals surface area (Å²) in [5.41, 5.74) is 5.23. The highest BCUT2D eigenvalue weighted by molar-refractivity contribution is 7.80. The number of allylic oxidation sites excluding steroid dienone is 1. The number of hydrogen-bond acceptors (Lipinski definition) is 2. The molecule has 0 aliphatic heterocycles. The van der Waals surface area contributed by atoms with Crippen molar-refractivity contribution in [2.45, 2.75) is 6.92 Å². The second kappa shape index (κ2) is 5.61. The van der Waals surface area contributed by atoms with Crippen LogP contribution in [0.4, 0.5) is 0 Å². The summed E-state index contributed by atoms with van der Waals surface area (Å²) in [5.74, 6) is 0.593. The van der Waals surface area contributed by atoms with E-state index in [9.17, 15) is 0 Å². The number of nitrogens with two attached hydrogens (primary N) is 1. The average Bonchev–Trinajstić information content (AvgIpc) is 1.87. The van der Waals surface area contributed by atoms with Gasteiger partial charge in [0.15, 0.2) is 5.11 Å². The largest absolute Gasteiger partial charge is 0.376 e. The van der Waals surface area contributed by atoms with Gasteiger partial charge in [-0.15, -0.1) is 0 Å². The van der Waals surface area contributed by atoms with Crippen LogP contribution in [0.2, 0.25) is 0 Å². The Balaban J connectivity index is 4.22. The normalized spacial score (nSPS) is 11.5. The summed E-state index contributed by atoms with van der Waals surface area (Å²) in [6.07, 6.45) is 5.00. The topological polar surface area (TPSA) is 50.4 Å². The van der Waals surface area contributed by atoms with Crippen molar-refractivity contribution in [3.63, 3.8) is 0 Å². The third-order valence-corrected chi connectivity index (χ3v) is 0.908. The molecule has 0 amide bonds. The molecule has 0 saturated heterocycles. The zero-order valence-corrected chi connectivity index (χ0v) is 7.19. The standard InChI is InChI=1S/C7H11N3S/c1-3-5-6(9-4-2)10-7(8)11/h3-5H,2H2,1H3,(H3,8,9,10,11)/b5-3-. The fraction of sp³-hybridized carbons (Fsp3) is 0.143. The first kappa shape index (κ1) is 9.84. The molecule has 60 valence electrons. The van der Waals surface area contributed by atoms with E-state index >= 15 is 0 Å². The van der Waals surface area contributed by atoms with Crippen LogP contribution in [-0.4, -0.2) is 10.9 Å². The first-order valence-corrected chi connectivity index (χ1v) is 3.49. The zero-order chi connectivity index (χ0) is 8.69. The van der Waals surface area contributed by atoms with Crippen LogP contribution in [0.3, 0.4) is 0 Å². The molecule has 0 rings (SSSR count). The van der Waals surface area contributed by atoms with Crippen LogP contribution in [-0.2, 0) is 0 Å². The van der Waals surface area contributed by atoms with E-state index in [1.165, 1.54) is 6.20 Å². The average molecular weight is 169 g/mol. The third-order valence-electron chi connectivity index (χ3n) is 0.806. The minimum Gasteiger partial charge on any atom is -0.376 e. The van der Waals surface area contributed by atoms with Gasteiger partial charge in [0.2, 0.25) is 0 Å². The highest BCUT2D eigenvalue weighted by Crippen LogP contribution is 1.79. The van der Waals surface area contributed by atoms with Crippen molar-refractivity contribution in [2.75, 3.05) is 0 Å². The van der Waals surface area contributed by atoms with Crippen LogP contribution in [0.25, 0.3) is 0 Å². The summed E-state index contributed by atoms with van der Waals surface area (Å²) >= 11 is 4.62. The van der Waals surface area contributed by atoms with E-state index in [-0.39, 0.29) is 5.11 Å². The minimum absolute atomic E-state index is 0.198. The Kier molecular flexibility index (Phi) is 5.02. The molecular formula is C7H11N3S. The molecule has 0 aromatic rings. The Morgan fingerprint density at radius 1 is 1.73 bits per heavy atom. The molecule has 0 aliphatic carbocycles. The van der Waals surface area contributed by atoms with Crippen LogP contribution < -0.4 is 11.1 Å². The number of rotatable bonds is 2. The lowest BCUT2D eigenvalue weighted by Gasteiger charge is -2.00. The fourth-order valence-corrected chi connectivity index (χ4v) is 0.604. The Hall–Kier alpha value is -1.16. The fourth-order valence-electron chi connectivity index (χ4n) is 0.499. The lowest BCUT2D eigenvalue weighted by molar-refractivity contribution is 1.33. The molecule has 0 saturated carbocycles. The molecule has 0 unspecified atom stereocenters. The van der Waals surface area contributed by atoms with Gasteiger partial charge in [-0.2, -0.15) is 0 Å². The van der Waals surface area contributed by atoms with Gasteiger partial charge >= 0.3 is 0 Å². The quantitative estimate of drug-likeness (QED) is 0.367. The minimum atomic E-state index is 0.198. The van der Waals surface area contributed by atoms with E-state index in [1.807, 2.05) is 13.0 Å². The van der Waals surface area contributed by atoms with Crippen molar-refractivity contribution in [3.8, 4) is 0 Å². The number of nitrogens with zero attached hydrogens (tertiary/aromatic N) is 1. The molecule has 3 N–H and O–H groups in total.